The second kappa shape index (κ2) is 7.90. The molecule has 8 nitrogen and oxygen atoms in total. The van der Waals surface area contributed by atoms with E-state index in [1.54, 1.807) is 20.3 Å². The van der Waals surface area contributed by atoms with Crippen LogP contribution in [0.15, 0.2) is 23.8 Å². The molecule has 2 bridgehead atoms. The number of aromatic nitrogens is 2. The zero-order chi connectivity index (χ0) is 21.5. The topological polar surface area (TPSA) is 93.8 Å². The summed E-state index contributed by atoms with van der Waals surface area (Å²) in [5.74, 6) is 3.48. The lowest BCUT2D eigenvalue weighted by molar-refractivity contribution is -0.128. The van der Waals surface area contributed by atoms with E-state index in [1.807, 2.05) is 11.0 Å². The second-order valence-corrected chi connectivity index (χ2v) is 8.65. The highest BCUT2D eigenvalue weighted by atomic mass is 16.5. The Hall–Kier alpha value is -3.03. The SMILES string of the molecule is COc1cc2nc(N3CCN(C(=O)C4=CC5CCC4CC5)CC3)nc(N)c2cc1OC. The largest absolute Gasteiger partial charge is 0.493 e. The van der Waals surface area contributed by atoms with Crippen LogP contribution in [0.3, 0.4) is 0 Å². The van der Waals surface area contributed by atoms with Crippen LogP contribution in [0.5, 0.6) is 11.5 Å². The molecule has 1 aromatic carbocycles. The van der Waals surface area contributed by atoms with Gasteiger partial charge in [-0.15, -0.1) is 0 Å². The van der Waals surface area contributed by atoms with Gasteiger partial charge in [0.2, 0.25) is 11.9 Å². The number of benzene rings is 1. The molecule has 164 valence electrons. The maximum absolute atomic E-state index is 13.1. The van der Waals surface area contributed by atoms with Gasteiger partial charge >= 0.3 is 0 Å². The molecule has 1 saturated carbocycles. The molecule has 31 heavy (non-hydrogen) atoms. The van der Waals surface area contributed by atoms with E-state index in [0.29, 0.717) is 66.8 Å². The van der Waals surface area contributed by atoms with E-state index < -0.39 is 0 Å². The normalized spacial score (nSPS) is 23.1. The number of carbonyl (C=O) groups is 1. The fourth-order valence-electron chi connectivity index (χ4n) is 5.13. The average molecular weight is 424 g/mol. The number of hydrogen-bond acceptors (Lipinski definition) is 7. The zero-order valence-electron chi connectivity index (χ0n) is 18.1. The molecule has 1 aliphatic heterocycles. The standard InChI is InChI=1S/C23H29N5O3/c1-30-19-12-17-18(13-20(19)31-2)25-23(26-21(17)24)28-9-7-27(8-10-28)22(29)16-11-14-3-5-15(16)6-4-14/h11-15H,3-10H2,1-2H3,(H2,24,25,26). The molecule has 0 atom stereocenters. The molecule has 1 saturated heterocycles. The highest BCUT2D eigenvalue weighted by Crippen LogP contribution is 2.41. The first-order valence-electron chi connectivity index (χ1n) is 11.0. The van der Waals surface area contributed by atoms with Crippen LogP contribution in [-0.4, -0.2) is 61.2 Å². The van der Waals surface area contributed by atoms with Gasteiger partial charge in [-0.3, -0.25) is 4.79 Å². The maximum Gasteiger partial charge on any atom is 0.249 e. The quantitative estimate of drug-likeness (QED) is 0.808. The minimum Gasteiger partial charge on any atom is -0.493 e. The van der Waals surface area contributed by atoms with Crippen LogP contribution in [0.2, 0.25) is 0 Å². The molecule has 1 amide bonds. The third-order valence-electron chi connectivity index (χ3n) is 6.94. The van der Waals surface area contributed by atoms with Crippen molar-refractivity contribution >= 4 is 28.6 Å². The van der Waals surface area contributed by atoms with E-state index >= 15 is 0 Å². The Kier molecular flexibility index (Phi) is 5.08. The molecule has 0 radical (unpaired) electrons. The number of fused-ring (bicyclic) bond motifs is 3. The van der Waals surface area contributed by atoms with Crippen LogP contribution in [0, 0.1) is 11.8 Å². The minimum atomic E-state index is 0.227. The summed E-state index contributed by atoms with van der Waals surface area (Å²) in [5, 5.41) is 0.731. The number of hydrogen-bond donors (Lipinski definition) is 1. The molecule has 8 heteroatoms. The molecule has 2 aromatic rings. The molecule has 2 N–H and O–H groups in total. The number of ether oxygens (including phenoxy) is 2. The lowest BCUT2D eigenvalue weighted by atomic mass is 9.71. The predicted octanol–water partition coefficient (Wildman–Crippen LogP) is 2.62. The molecular weight excluding hydrogens is 394 g/mol. The summed E-state index contributed by atoms with van der Waals surface area (Å²) in [4.78, 5) is 26.4. The summed E-state index contributed by atoms with van der Waals surface area (Å²) in [6.07, 6.45) is 7.07. The monoisotopic (exact) mass is 423 g/mol. The van der Waals surface area contributed by atoms with E-state index in [1.165, 1.54) is 25.7 Å². The smallest absolute Gasteiger partial charge is 0.249 e. The molecule has 0 spiro atoms. The van der Waals surface area contributed by atoms with Crippen molar-refractivity contribution in [1.29, 1.82) is 0 Å². The molecule has 6 rings (SSSR count). The van der Waals surface area contributed by atoms with E-state index in [2.05, 4.69) is 16.0 Å². The van der Waals surface area contributed by atoms with Gasteiger partial charge in [-0.1, -0.05) is 6.08 Å². The molecule has 2 heterocycles. The van der Waals surface area contributed by atoms with Crippen molar-refractivity contribution < 1.29 is 14.3 Å². The average Bonchev–Trinajstić information content (AvgIpc) is 2.83. The van der Waals surface area contributed by atoms with Crippen LogP contribution in [0.1, 0.15) is 25.7 Å². The van der Waals surface area contributed by atoms with E-state index in [0.717, 1.165) is 11.0 Å². The van der Waals surface area contributed by atoms with Gasteiger partial charge in [0.1, 0.15) is 5.82 Å². The van der Waals surface area contributed by atoms with Crippen molar-refractivity contribution in [1.82, 2.24) is 14.9 Å². The second-order valence-electron chi connectivity index (χ2n) is 8.65. The molecule has 4 aliphatic rings. The Labute approximate surface area is 182 Å². The fraction of sp³-hybridized carbons (Fsp3) is 0.522. The first kappa shape index (κ1) is 19.9. The van der Waals surface area contributed by atoms with Gasteiger partial charge < -0.3 is 25.0 Å². The Morgan fingerprint density at radius 3 is 2.29 bits per heavy atom. The first-order valence-corrected chi connectivity index (χ1v) is 11.0. The third kappa shape index (κ3) is 3.54. The highest BCUT2D eigenvalue weighted by Gasteiger charge is 2.35. The van der Waals surface area contributed by atoms with Crippen LogP contribution in [0.25, 0.3) is 10.9 Å². The van der Waals surface area contributed by atoms with E-state index in [9.17, 15) is 4.79 Å². The number of nitrogens with zero attached hydrogens (tertiary/aromatic N) is 4. The number of amides is 1. The van der Waals surface area contributed by atoms with Crippen LogP contribution >= 0.6 is 0 Å². The van der Waals surface area contributed by atoms with Crippen molar-refractivity contribution in [2.75, 3.05) is 51.0 Å². The number of anilines is 2. The molecule has 1 aromatic heterocycles. The lowest BCUT2D eigenvalue weighted by Gasteiger charge is -2.39. The number of piperazine rings is 1. The highest BCUT2D eigenvalue weighted by molar-refractivity contribution is 5.94. The number of carbonyl (C=O) groups excluding carboxylic acids is 1. The van der Waals surface area contributed by atoms with Gasteiger partial charge in [-0.2, -0.15) is 4.98 Å². The van der Waals surface area contributed by atoms with Crippen molar-refractivity contribution in [3.8, 4) is 11.5 Å². The van der Waals surface area contributed by atoms with Gasteiger partial charge in [0, 0.05) is 43.2 Å². The Bertz CT molecular complexity index is 1040. The lowest BCUT2D eigenvalue weighted by Crippen LogP contribution is -2.50. The maximum atomic E-state index is 13.1. The van der Waals surface area contributed by atoms with E-state index in [-0.39, 0.29) is 5.91 Å². The van der Waals surface area contributed by atoms with Crippen molar-refractivity contribution in [3.05, 3.63) is 23.8 Å². The van der Waals surface area contributed by atoms with Gasteiger partial charge in [-0.25, -0.2) is 4.98 Å². The van der Waals surface area contributed by atoms with Gasteiger partial charge in [0.25, 0.3) is 0 Å². The van der Waals surface area contributed by atoms with Crippen molar-refractivity contribution in [2.24, 2.45) is 11.8 Å². The summed E-state index contributed by atoms with van der Waals surface area (Å²) in [6, 6.07) is 3.62. The van der Waals surface area contributed by atoms with Gasteiger partial charge in [0.15, 0.2) is 11.5 Å². The predicted molar refractivity (Wildman–Crippen MR) is 119 cm³/mol. The summed E-state index contributed by atoms with van der Waals surface area (Å²) in [7, 11) is 3.18. The number of allylic oxidation sites excluding steroid dienone is 1. The van der Waals surface area contributed by atoms with Crippen LogP contribution in [0.4, 0.5) is 11.8 Å². The minimum absolute atomic E-state index is 0.227. The summed E-state index contributed by atoms with van der Waals surface area (Å²) < 4.78 is 10.8. The van der Waals surface area contributed by atoms with Crippen molar-refractivity contribution in [2.45, 2.75) is 25.7 Å². The fourth-order valence-corrected chi connectivity index (χ4v) is 5.13. The number of nitrogen functional groups attached to an aromatic ring is 1. The Morgan fingerprint density at radius 1 is 1.00 bits per heavy atom. The van der Waals surface area contributed by atoms with Crippen LogP contribution in [-0.2, 0) is 4.79 Å². The Morgan fingerprint density at radius 2 is 1.68 bits per heavy atom. The third-order valence-corrected chi connectivity index (χ3v) is 6.94. The molecular formula is C23H29N5O3. The zero-order valence-corrected chi connectivity index (χ0v) is 18.1. The summed E-state index contributed by atoms with van der Waals surface area (Å²) in [6.45, 7) is 2.71. The van der Waals surface area contributed by atoms with Gasteiger partial charge in [-0.05, 0) is 43.6 Å². The summed E-state index contributed by atoms with van der Waals surface area (Å²) >= 11 is 0. The van der Waals surface area contributed by atoms with Crippen molar-refractivity contribution in [3.63, 3.8) is 0 Å². The molecule has 3 aliphatic carbocycles. The van der Waals surface area contributed by atoms with Gasteiger partial charge in [0.05, 0.1) is 19.7 Å². The number of nitrogens with two attached hydrogens (primary N) is 1. The van der Waals surface area contributed by atoms with Crippen LogP contribution < -0.4 is 20.1 Å². The molecule has 0 unspecified atom stereocenters. The molecule has 2 fully saturated rings. The number of methoxy groups -OCH3 is 2. The summed E-state index contributed by atoms with van der Waals surface area (Å²) in [5.41, 5.74) is 8.01. The first-order chi connectivity index (χ1) is 15.1. The van der Waals surface area contributed by atoms with E-state index in [4.69, 9.17) is 20.2 Å². The Balaban J connectivity index is 1.33. The number of rotatable bonds is 4.